The van der Waals surface area contributed by atoms with Crippen molar-refractivity contribution in [2.75, 3.05) is 6.61 Å². The second-order valence-electron chi connectivity index (χ2n) is 3.54. The molecule has 1 aromatic rings. The summed E-state index contributed by atoms with van der Waals surface area (Å²) in [5.74, 6) is 0.608. The number of ether oxygens (including phenoxy) is 1. The fourth-order valence-electron chi connectivity index (χ4n) is 1.74. The van der Waals surface area contributed by atoms with Crippen LogP contribution in [0.25, 0.3) is 5.57 Å². The number of aliphatic imine (C=N–C) groups is 1. The van der Waals surface area contributed by atoms with Crippen LogP contribution in [0.15, 0.2) is 29.3 Å². The summed E-state index contributed by atoms with van der Waals surface area (Å²) in [6.45, 7) is 1.99. The van der Waals surface area contributed by atoms with Gasteiger partial charge in [-0.1, -0.05) is 18.2 Å². The molecule has 0 bridgehead atoms. The number of rotatable bonds is 2. The first-order chi connectivity index (χ1) is 8.27. The Bertz CT molecular complexity index is 527. The van der Waals surface area contributed by atoms with E-state index < -0.39 is 11.9 Å². The topological polar surface area (TPSA) is 55.7 Å². The lowest BCUT2D eigenvalue weighted by Gasteiger charge is -2.17. The van der Waals surface area contributed by atoms with Crippen LogP contribution in [-0.2, 0) is 14.3 Å². The van der Waals surface area contributed by atoms with Gasteiger partial charge in [0, 0.05) is 11.8 Å². The van der Waals surface area contributed by atoms with Crippen molar-refractivity contribution in [3.8, 4) is 0 Å². The summed E-state index contributed by atoms with van der Waals surface area (Å²) in [6, 6.07) is 7.14. The second kappa shape index (κ2) is 4.76. The average Bonchev–Trinajstić information content (AvgIpc) is 2.37. The van der Waals surface area contributed by atoms with Crippen LogP contribution in [0, 0.1) is 5.92 Å². The summed E-state index contributed by atoms with van der Waals surface area (Å²) in [5, 5.41) is 0. The summed E-state index contributed by atoms with van der Waals surface area (Å²) in [6.07, 6.45) is 1.43. The molecule has 1 unspecified atom stereocenters. The Kier molecular flexibility index (Phi) is 3.17. The monoisotopic (exact) mass is 229 g/mol. The Morgan fingerprint density at radius 1 is 1.47 bits per heavy atom. The predicted octanol–water partition coefficient (Wildman–Crippen LogP) is 1.80. The molecule has 1 aliphatic rings. The van der Waals surface area contributed by atoms with E-state index >= 15 is 0 Å². The number of carbonyl (C=O) groups excluding carboxylic acids is 2. The van der Waals surface area contributed by atoms with Crippen molar-refractivity contribution in [2.45, 2.75) is 6.92 Å². The first-order valence-electron chi connectivity index (χ1n) is 5.33. The van der Waals surface area contributed by atoms with E-state index in [0.29, 0.717) is 11.3 Å². The van der Waals surface area contributed by atoms with E-state index in [0.717, 1.165) is 0 Å². The number of fused-ring (bicyclic) bond motifs is 1. The van der Waals surface area contributed by atoms with Crippen LogP contribution in [0.1, 0.15) is 12.5 Å². The molecule has 1 aromatic carbocycles. The van der Waals surface area contributed by atoms with Crippen molar-refractivity contribution < 1.29 is 14.3 Å². The van der Waals surface area contributed by atoms with Crippen LogP contribution in [0.3, 0.4) is 0 Å². The third-order valence-corrected chi connectivity index (χ3v) is 2.52. The minimum atomic E-state index is -0.748. The largest absolute Gasteiger partial charge is 0.465 e. The fourth-order valence-corrected chi connectivity index (χ4v) is 1.74. The van der Waals surface area contributed by atoms with Crippen LogP contribution in [0.4, 0.5) is 5.69 Å². The molecule has 0 aromatic heterocycles. The number of hydrogen-bond donors (Lipinski definition) is 0. The van der Waals surface area contributed by atoms with Gasteiger partial charge in [0.2, 0.25) is 0 Å². The molecule has 0 amide bonds. The number of hydrogen-bond acceptors (Lipinski definition) is 4. The number of para-hydroxylation sites is 1. The molecular weight excluding hydrogens is 218 g/mol. The van der Waals surface area contributed by atoms with Gasteiger partial charge >= 0.3 is 5.97 Å². The van der Waals surface area contributed by atoms with Crippen molar-refractivity contribution in [3.05, 3.63) is 29.8 Å². The highest BCUT2D eigenvalue weighted by Gasteiger charge is 2.29. The van der Waals surface area contributed by atoms with Gasteiger partial charge in [0.1, 0.15) is 11.9 Å². The van der Waals surface area contributed by atoms with Gasteiger partial charge in [-0.25, -0.2) is 4.79 Å². The number of carbonyl (C=O) groups is 1. The zero-order valence-corrected chi connectivity index (χ0v) is 9.34. The minimum absolute atomic E-state index is 0.275. The van der Waals surface area contributed by atoms with Gasteiger partial charge < -0.3 is 4.74 Å². The highest BCUT2D eigenvalue weighted by Crippen LogP contribution is 2.33. The molecule has 1 heterocycles. The molecule has 0 saturated carbocycles. The lowest BCUT2D eigenvalue weighted by molar-refractivity contribution is -0.143. The van der Waals surface area contributed by atoms with E-state index in [2.05, 4.69) is 4.99 Å². The maximum Gasteiger partial charge on any atom is 0.319 e. The van der Waals surface area contributed by atoms with E-state index in [-0.39, 0.29) is 12.2 Å². The molecule has 17 heavy (non-hydrogen) atoms. The lowest BCUT2D eigenvalue weighted by atomic mass is 9.91. The van der Waals surface area contributed by atoms with Crippen LogP contribution in [0.2, 0.25) is 0 Å². The smallest absolute Gasteiger partial charge is 0.319 e. The minimum Gasteiger partial charge on any atom is -0.465 e. The molecule has 0 aliphatic carbocycles. The molecule has 0 N–H and O–H groups in total. The maximum absolute atomic E-state index is 11.7. The van der Waals surface area contributed by atoms with Crippen molar-refractivity contribution in [2.24, 2.45) is 10.9 Å². The number of benzene rings is 1. The summed E-state index contributed by atoms with van der Waals surface area (Å²) >= 11 is 0. The summed E-state index contributed by atoms with van der Waals surface area (Å²) < 4.78 is 4.90. The van der Waals surface area contributed by atoms with Crippen LogP contribution >= 0.6 is 0 Å². The molecule has 0 spiro atoms. The lowest BCUT2D eigenvalue weighted by Crippen LogP contribution is -2.22. The Labute approximate surface area is 98.6 Å². The molecule has 4 heteroatoms. The molecule has 0 radical (unpaired) electrons. The summed E-state index contributed by atoms with van der Waals surface area (Å²) in [5.41, 5.74) is 1.60. The van der Waals surface area contributed by atoms with Crippen LogP contribution < -0.4 is 0 Å². The molecule has 1 aliphatic heterocycles. The van der Waals surface area contributed by atoms with Gasteiger partial charge in [-0.05, 0) is 13.0 Å². The summed E-state index contributed by atoms with van der Waals surface area (Å²) in [4.78, 5) is 26.8. The third-order valence-electron chi connectivity index (χ3n) is 2.52. The van der Waals surface area contributed by atoms with E-state index in [4.69, 9.17) is 4.74 Å². The van der Waals surface area contributed by atoms with Gasteiger partial charge in [0.05, 0.1) is 17.9 Å². The van der Waals surface area contributed by atoms with Crippen LogP contribution in [-0.4, -0.2) is 24.7 Å². The molecular formula is C13H11NO3. The zero-order valence-electron chi connectivity index (χ0n) is 9.34. The number of esters is 1. The Morgan fingerprint density at radius 2 is 2.24 bits per heavy atom. The Balaban J connectivity index is 2.43. The molecule has 2 rings (SSSR count). The van der Waals surface area contributed by atoms with Gasteiger partial charge in [0.15, 0.2) is 0 Å². The molecule has 0 fully saturated rings. The quantitative estimate of drug-likeness (QED) is 0.574. The Morgan fingerprint density at radius 3 is 2.94 bits per heavy atom. The van der Waals surface area contributed by atoms with Crippen molar-refractivity contribution in [1.29, 1.82) is 0 Å². The third kappa shape index (κ3) is 2.03. The first kappa shape index (κ1) is 11.3. The van der Waals surface area contributed by atoms with Crippen molar-refractivity contribution >= 4 is 29.4 Å². The van der Waals surface area contributed by atoms with Crippen LogP contribution in [0.5, 0.6) is 0 Å². The van der Waals surface area contributed by atoms with Gasteiger partial charge in [-0.2, -0.15) is 0 Å². The first-order valence-corrected chi connectivity index (χ1v) is 5.33. The predicted molar refractivity (Wildman–Crippen MR) is 63.8 cm³/mol. The summed E-state index contributed by atoms with van der Waals surface area (Å²) in [7, 11) is 0. The standard InChI is InChI=1S/C13H11NO3/c1-2-17-13(16)10-7-14-12-6-4-3-5-9(12)11(10)8-15/h3-7,10H,2H2,1H3. The van der Waals surface area contributed by atoms with E-state index in [1.807, 2.05) is 12.0 Å². The molecule has 86 valence electrons. The zero-order chi connectivity index (χ0) is 12.3. The molecule has 1 atom stereocenters. The van der Waals surface area contributed by atoms with E-state index in [1.165, 1.54) is 6.21 Å². The maximum atomic E-state index is 11.7. The average molecular weight is 229 g/mol. The highest BCUT2D eigenvalue weighted by molar-refractivity contribution is 6.13. The SMILES string of the molecule is CCOC(=O)C1C=Nc2ccccc2C1=C=O. The molecule has 0 saturated heterocycles. The normalized spacial score (nSPS) is 17.2. The van der Waals surface area contributed by atoms with Crippen molar-refractivity contribution in [1.82, 2.24) is 0 Å². The fraction of sp³-hybridized carbons (Fsp3) is 0.231. The molecule has 4 nitrogen and oxygen atoms in total. The highest BCUT2D eigenvalue weighted by atomic mass is 16.5. The van der Waals surface area contributed by atoms with Gasteiger partial charge in [-0.3, -0.25) is 9.79 Å². The van der Waals surface area contributed by atoms with E-state index in [1.54, 1.807) is 25.1 Å². The second-order valence-corrected chi connectivity index (χ2v) is 3.54. The van der Waals surface area contributed by atoms with Gasteiger partial charge in [-0.15, -0.1) is 0 Å². The Hall–Kier alpha value is -2.19. The number of nitrogens with zero attached hydrogens (tertiary/aromatic N) is 1. The van der Waals surface area contributed by atoms with Crippen molar-refractivity contribution in [3.63, 3.8) is 0 Å². The van der Waals surface area contributed by atoms with Gasteiger partial charge in [0.25, 0.3) is 0 Å². The van der Waals surface area contributed by atoms with E-state index in [9.17, 15) is 9.59 Å².